The Morgan fingerprint density at radius 2 is 1.71 bits per heavy atom. The summed E-state index contributed by atoms with van der Waals surface area (Å²) in [6.07, 6.45) is 1.45. The number of carbonyl (C=O) groups excluding carboxylic acids is 1. The molecule has 2 unspecified atom stereocenters. The van der Waals surface area contributed by atoms with Crippen LogP contribution in [-0.4, -0.2) is 27.6 Å². The van der Waals surface area contributed by atoms with E-state index < -0.39 is 0 Å². The van der Waals surface area contributed by atoms with E-state index in [1.807, 2.05) is 23.1 Å². The molecule has 0 N–H and O–H groups in total. The Morgan fingerprint density at radius 3 is 2.47 bits per heavy atom. The average Bonchev–Trinajstić information content (AvgIpc) is 2.83. The molecular weight excluding hydrogens is 442 g/mol. The number of hydrogen-bond donors (Lipinski definition) is 0. The van der Waals surface area contributed by atoms with E-state index in [1.54, 1.807) is 0 Å². The maximum atomic E-state index is 13.3. The van der Waals surface area contributed by atoms with E-state index in [2.05, 4.69) is 73.3 Å². The first-order chi connectivity index (χ1) is 16.5. The summed E-state index contributed by atoms with van der Waals surface area (Å²) in [4.78, 5) is 22.8. The van der Waals surface area contributed by atoms with Crippen LogP contribution in [-0.2, 0) is 24.4 Å². The third-order valence-electron chi connectivity index (χ3n) is 6.93. The minimum absolute atomic E-state index is 0.0848. The zero-order valence-corrected chi connectivity index (χ0v) is 20.5. The first-order valence-electron chi connectivity index (χ1n) is 12.0. The summed E-state index contributed by atoms with van der Waals surface area (Å²) in [6.45, 7) is 6.42. The maximum absolute atomic E-state index is 13.3. The fourth-order valence-electron chi connectivity index (χ4n) is 5.03. The van der Waals surface area contributed by atoms with Crippen molar-refractivity contribution >= 4 is 29.0 Å². The predicted molar refractivity (Wildman–Crippen MR) is 138 cm³/mol. The molecule has 2 heterocycles. The SMILES string of the molecule is Cc1ccc(CN2C(=O)CCC(C)C2C2=Nc3cc(Cl)ccc3CN2Cc2ccccc2)cc1. The number of likely N-dealkylation sites (tertiary alicyclic amines) is 1. The van der Waals surface area contributed by atoms with Gasteiger partial charge in [0, 0.05) is 31.1 Å². The van der Waals surface area contributed by atoms with Crippen molar-refractivity contribution in [2.45, 2.75) is 52.4 Å². The molecule has 4 nitrogen and oxygen atoms in total. The summed E-state index contributed by atoms with van der Waals surface area (Å²) in [5.41, 5.74) is 5.66. The molecule has 1 fully saturated rings. The molecule has 2 atom stereocenters. The first-order valence-corrected chi connectivity index (χ1v) is 12.4. The van der Waals surface area contributed by atoms with E-state index in [1.165, 1.54) is 11.1 Å². The van der Waals surface area contributed by atoms with Crippen LogP contribution in [0, 0.1) is 12.8 Å². The number of halogens is 1. The van der Waals surface area contributed by atoms with Crippen LogP contribution in [0.25, 0.3) is 0 Å². The molecule has 1 saturated heterocycles. The smallest absolute Gasteiger partial charge is 0.223 e. The normalized spacial score (nSPS) is 20.2. The maximum Gasteiger partial charge on any atom is 0.223 e. The van der Waals surface area contributed by atoms with Gasteiger partial charge >= 0.3 is 0 Å². The number of amidine groups is 1. The molecule has 0 aliphatic carbocycles. The van der Waals surface area contributed by atoms with Gasteiger partial charge in [-0.25, -0.2) is 4.99 Å². The van der Waals surface area contributed by atoms with E-state index in [0.29, 0.717) is 23.9 Å². The summed E-state index contributed by atoms with van der Waals surface area (Å²) in [5, 5.41) is 0.683. The highest BCUT2D eigenvalue weighted by molar-refractivity contribution is 6.30. The molecular formula is C29H30ClN3O. The van der Waals surface area contributed by atoms with Crippen LogP contribution >= 0.6 is 11.6 Å². The number of aliphatic imine (C=N–C) groups is 1. The van der Waals surface area contributed by atoms with Crippen LogP contribution in [0.5, 0.6) is 0 Å². The Hall–Kier alpha value is -3.11. The van der Waals surface area contributed by atoms with Gasteiger partial charge in [-0.2, -0.15) is 0 Å². The fraction of sp³-hybridized carbons (Fsp3) is 0.310. The Kier molecular flexibility index (Phi) is 6.42. The molecule has 34 heavy (non-hydrogen) atoms. The Balaban J connectivity index is 1.55. The van der Waals surface area contributed by atoms with Crippen molar-refractivity contribution in [3.05, 3.63) is 100 Å². The van der Waals surface area contributed by atoms with Crippen molar-refractivity contribution in [3.8, 4) is 0 Å². The lowest BCUT2D eigenvalue weighted by Crippen LogP contribution is -2.56. The lowest BCUT2D eigenvalue weighted by Gasteiger charge is -2.45. The van der Waals surface area contributed by atoms with Crippen LogP contribution in [0.1, 0.15) is 42.0 Å². The third-order valence-corrected chi connectivity index (χ3v) is 7.17. The second-order valence-electron chi connectivity index (χ2n) is 9.55. The molecule has 0 aromatic heterocycles. The highest BCUT2D eigenvalue weighted by atomic mass is 35.5. The van der Waals surface area contributed by atoms with Crippen molar-refractivity contribution in [2.24, 2.45) is 10.9 Å². The molecule has 5 rings (SSSR count). The number of rotatable bonds is 5. The second kappa shape index (κ2) is 9.63. The third kappa shape index (κ3) is 4.74. The molecule has 0 saturated carbocycles. The summed E-state index contributed by atoms with van der Waals surface area (Å²) >= 11 is 6.33. The van der Waals surface area contributed by atoms with Crippen molar-refractivity contribution in [1.29, 1.82) is 0 Å². The summed E-state index contributed by atoms with van der Waals surface area (Å²) in [6, 6.07) is 24.8. The second-order valence-corrected chi connectivity index (χ2v) is 9.99. The largest absolute Gasteiger partial charge is 0.350 e. The van der Waals surface area contributed by atoms with E-state index in [-0.39, 0.29) is 11.9 Å². The molecule has 5 heteroatoms. The highest BCUT2D eigenvalue weighted by Gasteiger charge is 2.40. The number of benzene rings is 3. The van der Waals surface area contributed by atoms with E-state index >= 15 is 0 Å². The first kappa shape index (κ1) is 22.7. The minimum Gasteiger partial charge on any atom is -0.350 e. The van der Waals surface area contributed by atoms with Crippen molar-refractivity contribution in [2.75, 3.05) is 0 Å². The Bertz CT molecular complexity index is 1210. The predicted octanol–water partition coefficient (Wildman–Crippen LogP) is 6.52. The zero-order chi connectivity index (χ0) is 23.7. The summed E-state index contributed by atoms with van der Waals surface area (Å²) in [7, 11) is 0. The number of aryl methyl sites for hydroxylation is 1. The van der Waals surface area contributed by atoms with Crippen LogP contribution in [0.2, 0.25) is 5.02 Å². The lowest BCUT2D eigenvalue weighted by atomic mass is 9.87. The van der Waals surface area contributed by atoms with Crippen LogP contribution < -0.4 is 0 Å². The molecule has 3 aromatic carbocycles. The summed E-state index contributed by atoms with van der Waals surface area (Å²) in [5.74, 6) is 1.47. The lowest BCUT2D eigenvalue weighted by molar-refractivity contribution is -0.137. The van der Waals surface area contributed by atoms with E-state index in [9.17, 15) is 4.79 Å². The van der Waals surface area contributed by atoms with Crippen molar-refractivity contribution in [1.82, 2.24) is 9.80 Å². The molecule has 0 spiro atoms. The van der Waals surface area contributed by atoms with Gasteiger partial charge in [0.05, 0.1) is 11.7 Å². The van der Waals surface area contributed by atoms with Gasteiger partial charge in [0.1, 0.15) is 5.84 Å². The van der Waals surface area contributed by atoms with Gasteiger partial charge in [0.25, 0.3) is 0 Å². The molecule has 3 aromatic rings. The van der Waals surface area contributed by atoms with Gasteiger partial charge in [-0.15, -0.1) is 0 Å². The fourth-order valence-corrected chi connectivity index (χ4v) is 5.20. The van der Waals surface area contributed by atoms with E-state index in [4.69, 9.17) is 16.6 Å². The van der Waals surface area contributed by atoms with Gasteiger partial charge in [-0.3, -0.25) is 4.79 Å². The molecule has 1 amide bonds. The van der Waals surface area contributed by atoms with Crippen molar-refractivity contribution in [3.63, 3.8) is 0 Å². The topological polar surface area (TPSA) is 35.9 Å². The van der Waals surface area contributed by atoms with Crippen LogP contribution in [0.3, 0.4) is 0 Å². The molecule has 174 valence electrons. The number of amides is 1. The molecule has 0 bridgehead atoms. The number of nitrogens with zero attached hydrogens (tertiary/aromatic N) is 3. The molecule has 0 radical (unpaired) electrons. The Labute approximate surface area is 206 Å². The van der Waals surface area contributed by atoms with Gasteiger partial charge in [0.15, 0.2) is 0 Å². The molecule has 2 aliphatic rings. The summed E-state index contributed by atoms with van der Waals surface area (Å²) < 4.78 is 0. The van der Waals surface area contributed by atoms with Crippen LogP contribution in [0.4, 0.5) is 5.69 Å². The van der Waals surface area contributed by atoms with Gasteiger partial charge < -0.3 is 9.80 Å². The highest BCUT2D eigenvalue weighted by Crippen LogP contribution is 2.35. The number of hydrogen-bond acceptors (Lipinski definition) is 3. The van der Waals surface area contributed by atoms with E-state index in [0.717, 1.165) is 42.2 Å². The zero-order valence-electron chi connectivity index (χ0n) is 19.7. The van der Waals surface area contributed by atoms with Gasteiger partial charge in [-0.05, 0) is 48.1 Å². The van der Waals surface area contributed by atoms with Gasteiger partial charge in [0.2, 0.25) is 5.91 Å². The minimum atomic E-state index is -0.0848. The number of piperidine rings is 1. The van der Waals surface area contributed by atoms with Crippen LogP contribution in [0.15, 0.2) is 77.8 Å². The number of carbonyl (C=O) groups is 1. The monoisotopic (exact) mass is 471 g/mol. The number of fused-ring (bicyclic) bond motifs is 1. The van der Waals surface area contributed by atoms with Crippen molar-refractivity contribution < 1.29 is 4.79 Å². The Morgan fingerprint density at radius 1 is 0.971 bits per heavy atom. The average molecular weight is 472 g/mol. The molecule has 2 aliphatic heterocycles. The standard InChI is InChI=1S/C29H30ClN3O/c1-20-8-11-23(12-9-20)18-33-27(34)15-10-21(2)28(33)29-31-26-16-25(30)14-13-24(26)19-32(29)17-22-6-4-3-5-7-22/h3-9,11-14,16,21,28H,10,15,17-19H2,1-2H3. The quantitative estimate of drug-likeness (QED) is 0.424. The van der Waals surface area contributed by atoms with Gasteiger partial charge in [-0.1, -0.05) is 84.8 Å².